The molecule has 0 saturated heterocycles. The number of hydrogen-bond acceptors (Lipinski definition) is 4. The van der Waals surface area contributed by atoms with Crippen LogP contribution >= 0.6 is 11.3 Å². The van der Waals surface area contributed by atoms with E-state index < -0.39 is 0 Å². The maximum Gasteiger partial charge on any atom is 0.212 e. The quantitative estimate of drug-likeness (QED) is 0.787. The fourth-order valence-electron chi connectivity index (χ4n) is 1.25. The van der Waals surface area contributed by atoms with Gasteiger partial charge in [-0.25, -0.2) is 0 Å². The zero-order valence-corrected chi connectivity index (χ0v) is 9.04. The average molecular weight is 218 g/mol. The summed E-state index contributed by atoms with van der Waals surface area (Å²) < 4.78 is 0. The summed E-state index contributed by atoms with van der Waals surface area (Å²) in [5.74, 6) is -0.0562. The van der Waals surface area contributed by atoms with E-state index in [4.69, 9.17) is 5.73 Å². The molecule has 0 saturated carbocycles. The van der Waals surface area contributed by atoms with Crippen molar-refractivity contribution in [2.75, 3.05) is 5.73 Å². The van der Waals surface area contributed by atoms with Gasteiger partial charge in [0.25, 0.3) is 0 Å². The normalized spacial score (nSPS) is 10.2. The van der Waals surface area contributed by atoms with E-state index in [9.17, 15) is 4.79 Å². The van der Waals surface area contributed by atoms with Crippen molar-refractivity contribution in [1.29, 1.82) is 0 Å². The summed E-state index contributed by atoms with van der Waals surface area (Å²) in [4.78, 5) is 17.0. The Bertz CT molecular complexity index is 488. The molecule has 15 heavy (non-hydrogen) atoms. The Hall–Kier alpha value is -1.68. The molecule has 3 nitrogen and oxygen atoms in total. The van der Waals surface area contributed by atoms with E-state index in [-0.39, 0.29) is 5.78 Å². The SMILES string of the molecule is Cc1cc(C(=O)c2ccc(N)cn2)cs1. The number of aromatic nitrogens is 1. The Morgan fingerprint density at radius 2 is 2.27 bits per heavy atom. The third kappa shape index (κ3) is 2.05. The number of thiophene rings is 1. The van der Waals surface area contributed by atoms with E-state index in [0.29, 0.717) is 16.9 Å². The van der Waals surface area contributed by atoms with Gasteiger partial charge in [0.1, 0.15) is 5.69 Å². The molecule has 0 amide bonds. The third-order valence-corrected chi connectivity index (χ3v) is 2.87. The number of nitrogens with zero attached hydrogens (tertiary/aromatic N) is 1. The van der Waals surface area contributed by atoms with Crippen LogP contribution in [0, 0.1) is 6.92 Å². The van der Waals surface area contributed by atoms with Gasteiger partial charge in [-0.2, -0.15) is 0 Å². The molecule has 2 aromatic rings. The number of ketones is 1. The number of carbonyl (C=O) groups excluding carboxylic acids is 1. The van der Waals surface area contributed by atoms with Crippen LogP contribution in [0.5, 0.6) is 0 Å². The molecule has 76 valence electrons. The molecule has 2 heterocycles. The first-order chi connectivity index (χ1) is 7.16. The summed E-state index contributed by atoms with van der Waals surface area (Å²) in [6, 6.07) is 5.19. The highest BCUT2D eigenvalue weighted by Gasteiger charge is 2.11. The van der Waals surface area contributed by atoms with Gasteiger partial charge in [-0.1, -0.05) is 0 Å². The first kappa shape index (κ1) is 9.86. The zero-order valence-electron chi connectivity index (χ0n) is 8.23. The molecule has 0 fully saturated rings. The predicted molar refractivity (Wildman–Crippen MR) is 61.1 cm³/mol. The molecule has 0 unspecified atom stereocenters. The lowest BCUT2D eigenvalue weighted by molar-refractivity contribution is 0.103. The number of anilines is 1. The van der Waals surface area contributed by atoms with Gasteiger partial charge in [0.2, 0.25) is 5.78 Å². The Kier molecular flexibility index (Phi) is 2.51. The largest absolute Gasteiger partial charge is 0.397 e. The third-order valence-electron chi connectivity index (χ3n) is 2.01. The Labute approximate surface area is 91.6 Å². The summed E-state index contributed by atoms with van der Waals surface area (Å²) in [6.45, 7) is 1.97. The summed E-state index contributed by atoms with van der Waals surface area (Å²) in [5, 5.41) is 1.84. The summed E-state index contributed by atoms with van der Waals surface area (Å²) >= 11 is 1.56. The van der Waals surface area contributed by atoms with Gasteiger partial charge >= 0.3 is 0 Å². The van der Waals surface area contributed by atoms with Crippen molar-refractivity contribution in [2.24, 2.45) is 0 Å². The summed E-state index contributed by atoms with van der Waals surface area (Å²) in [5.41, 5.74) is 7.18. The zero-order chi connectivity index (χ0) is 10.8. The molecule has 0 aliphatic carbocycles. The van der Waals surface area contributed by atoms with Crippen molar-refractivity contribution in [3.8, 4) is 0 Å². The summed E-state index contributed by atoms with van der Waals surface area (Å²) in [7, 11) is 0. The number of carbonyl (C=O) groups is 1. The van der Waals surface area contributed by atoms with E-state index >= 15 is 0 Å². The number of nitrogens with two attached hydrogens (primary N) is 1. The van der Waals surface area contributed by atoms with Gasteiger partial charge < -0.3 is 5.73 Å². The van der Waals surface area contributed by atoms with Crippen LogP contribution in [0.4, 0.5) is 5.69 Å². The molecule has 0 aliphatic heterocycles. The standard InChI is InChI=1S/C11H10N2OS/c1-7-4-8(6-15-7)11(14)10-3-2-9(12)5-13-10/h2-6H,12H2,1H3. The Balaban J connectivity index is 2.32. The maximum absolute atomic E-state index is 11.9. The van der Waals surface area contributed by atoms with Gasteiger partial charge in [-0.15, -0.1) is 11.3 Å². The molecule has 0 aromatic carbocycles. The fourth-order valence-corrected chi connectivity index (χ4v) is 1.93. The second kappa shape index (κ2) is 3.82. The monoisotopic (exact) mass is 218 g/mol. The van der Waals surface area contributed by atoms with Crippen LogP contribution in [0.3, 0.4) is 0 Å². The van der Waals surface area contributed by atoms with Crippen molar-refractivity contribution in [1.82, 2.24) is 4.98 Å². The lowest BCUT2D eigenvalue weighted by Gasteiger charge is -1.97. The molecule has 4 heteroatoms. The number of nitrogen functional groups attached to an aromatic ring is 1. The maximum atomic E-state index is 11.9. The average Bonchev–Trinajstić information content (AvgIpc) is 2.65. The van der Waals surface area contributed by atoms with Crippen molar-refractivity contribution < 1.29 is 4.79 Å². The van der Waals surface area contributed by atoms with Crippen LogP contribution in [0.2, 0.25) is 0 Å². The molecule has 0 bridgehead atoms. The smallest absolute Gasteiger partial charge is 0.212 e. The predicted octanol–water partition coefficient (Wildman–Crippen LogP) is 2.26. The van der Waals surface area contributed by atoms with Crippen LogP contribution in [-0.4, -0.2) is 10.8 Å². The van der Waals surface area contributed by atoms with E-state index in [1.165, 1.54) is 6.20 Å². The van der Waals surface area contributed by atoms with Crippen molar-refractivity contribution in [3.05, 3.63) is 45.9 Å². The number of hydrogen-bond donors (Lipinski definition) is 1. The molecule has 0 spiro atoms. The minimum Gasteiger partial charge on any atom is -0.397 e. The number of pyridine rings is 1. The van der Waals surface area contributed by atoms with Gasteiger partial charge in [0.15, 0.2) is 0 Å². The Morgan fingerprint density at radius 3 is 2.80 bits per heavy atom. The first-order valence-corrected chi connectivity index (χ1v) is 5.36. The number of aryl methyl sites for hydroxylation is 1. The van der Waals surface area contributed by atoms with Crippen LogP contribution in [0.15, 0.2) is 29.8 Å². The molecule has 2 N–H and O–H groups in total. The van der Waals surface area contributed by atoms with E-state index in [1.807, 2.05) is 18.4 Å². The molecule has 2 rings (SSSR count). The van der Waals surface area contributed by atoms with E-state index in [1.54, 1.807) is 23.5 Å². The minimum atomic E-state index is -0.0562. The van der Waals surface area contributed by atoms with Crippen LogP contribution in [-0.2, 0) is 0 Å². The topological polar surface area (TPSA) is 56.0 Å². The second-order valence-corrected chi connectivity index (χ2v) is 4.37. The van der Waals surface area contributed by atoms with E-state index in [2.05, 4.69) is 4.98 Å². The highest BCUT2D eigenvalue weighted by atomic mass is 32.1. The lowest BCUT2D eigenvalue weighted by atomic mass is 10.1. The summed E-state index contributed by atoms with van der Waals surface area (Å²) in [6.07, 6.45) is 1.49. The molecular weight excluding hydrogens is 208 g/mol. The van der Waals surface area contributed by atoms with Crippen molar-refractivity contribution in [3.63, 3.8) is 0 Å². The van der Waals surface area contributed by atoms with Gasteiger partial charge in [-0.3, -0.25) is 9.78 Å². The molecule has 0 atom stereocenters. The highest BCUT2D eigenvalue weighted by Crippen LogP contribution is 2.16. The van der Waals surface area contributed by atoms with Crippen LogP contribution in [0.25, 0.3) is 0 Å². The fraction of sp³-hybridized carbons (Fsp3) is 0.0909. The van der Waals surface area contributed by atoms with E-state index in [0.717, 1.165) is 4.88 Å². The molecule has 2 aromatic heterocycles. The van der Waals surface area contributed by atoms with Crippen LogP contribution in [0.1, 0.15) is 20.9 Å². The highest BCUT2D eigenvalue weighted by molar-refractivity contribution is 7.10. The van der Waals surface area contributed by atoms with Crippen molar-refractivity contribution in [2.45, 2.75) is 6.92 Å². The van der Waals surface area contributed by atoms with Gasteiger partial charge in [0, 0.05) is 15.8 Å². The first-order valence-electron chi connectivity index (χ1n) is 4.48. The van der Waals surface area contributed by atoms with Crippen molar-refractivity contribution >= 4 is 22.8 Å². The Morgan fingerprint density at radius 1 is 1.47 bits per heavy atom. The number of rotatable bonds is 2. The lowest BCUT2D eigenvalue weighted by Crippen LogP contribution is -2.02. The minimum absolute atomic E-state index is 0.0562. The molecule has 0 aliphatic rings. The van der Waals surface area contributed by atoms with Crippen LogP contribution < -0.4 is 5.73 Å². The second-order valence-electron chi connectivity index (χ2n) is 3.25. The molecular formula is C11H10N2OS. The molecule has 0 radical (unpaired) electrons. The van der Waals surface area contributed by atoms with Gasteiger partial charge in [0.05, 0.1) is 11.9 Å². The van der Waals surface area contributed by atoms with Gasteiger partial charge in [-0.05, 0) is 25.1 Å².